The van der Waals surface area contributed by atoms with Gasteiger partial charge < -0.3 is 9.64 Å². The summed E-state index contributed by atoms with van der Waals surface area (Å²) in [5, 5.41) is 14.3. The van der Waals surface area contributed by atoms with E-state index >= 15 is 0 Å². The van der Waals surface area contributed by atoms with Crippen molar-refractivity contribution in [3.05, 3.63) is 66.8 Å². The summed E-state index contributed by atoms with van der Waals surface area (Å²) < 4.78 is 9.57. The third-order valence-electron chi connectivity index (χ3n) is 5.93. The maximum absolute atomic E-state index is 5.74. The number of aromatic nitrogens is 8. The lowest BCUT2D eigenvalue weighted by Crippen LogP contribution is -2.27. The van der Waals surface area contributed by atoms with E-state index in [4.69, 9.17) is 14.7 Å². The highest BCUT2D eigenvalue weighted by molar-refractivity contribution is 5.88. The number of benzene rings is 1. The van der Waals surface area contributed by atoms with Crippen LogP contribution in [0.25, 0.3) is 22.4 Å². The molecule has 0 amide bonds. The molecule has 1 aliphatic heterocycles. The first-order valence-electron chi connectivity index (χ1n) is 10.4. The second-order valence-electron chi connectivity index (χ2n) is 7.85. The summed E-state index contributed by atoms with van der Waals surface area (Å²) >= 11 is 0. The van der Waals surface area contributed by atoms with Gasteiger partial charge in [-0.25, -0.2) is 14.6 Å². The molecular weight excluding hydrogens is 406 g/mol. The lowest BCUT2D eigenvalue weighted by Gasteiger charge is -2.25. The summed E-state index contributed by atoms with van der Waals surface area (Å²) in [7, 11) is 1.74. The number of para-hydroxylation sites is 1. The second kappa shape index (κ2) is 7.34. The maximum Gasteiger partial charge on any atom is 0.179 e. The monoisotopic (exact) mass is 427 g/mol. The van der Waals surface area contributed by atoms with Crippen LogP contribution in [0.2, 0.25) is 0 Å². The average molecular weight is 427 g/mol. The first kappa shape index (κ1) is 18.8. The van der Waals surface area contributed by atoms with Gasteiger partial charge in [0.1, 0.15) is 11.6 Å². The molecule has 10 nitrogen and oxygen atoms in total. The molecule has 1 aromatic carbocycles. The third-order valence-corrected chi connectivity index (χ3v) is 5.93. The van der Waals surface area contributed by atoms with Crippen LogP contribution < -0.4 is 4.90 Å². The fourth-order valence-electron chi connectivity index (χ4n) is 4.42. The minimum atomic E-state index is -0.0603. The van der Waals surface area contributed by atoms with Crippen molar-refractivity contribution in [3.63, 3.8) is 0 Å². The lowest BCUT2D eigenvalue weighted by atomic mass is 10.2. The van der Waals surface area contributed by atoms with E-state index in [1.165, 1.54) is 0 Å². The SMILES string of the molecule is CO[C@@H]1C[C@@H](c2nnc3cnccn23)N(c2nc(C)nc3c2cnn3-c2ccccc2)C1. The predicted molar refractivity (Wildman–Crippen MR) is 118 cm³/mol. The smallest absolute Gasteiger partial charge is 0.179 e. The Balaban J connectivity index is 1.51. The van der Waals surface area contributed by atoms with Crippen molar-refractivity contribution in [2.45, 2.75) is 25.5 Å². The summed E-state index contributed by atoms with van der Waals surface area (Å²) in [5.41, 5.74) is 2.44. The van der Waals surface area contributed by atoms with Gasteiger partial charge >= 0.3 is 0 Å². The largest absolute Gasteiger partial charge is 0.380 e. The first-order valence-corrected chi connectivity index (χ1v) is 10.4. The van der Waals surface area contributed by atoms with Crippen molar-refractivity contribution in [2.24, 2.45) is 0 Å². The molecule has 0 radical (unpaired) electrons. The third kappa shape index (κ3) is 2.91. The molecule has 160 valence electrons. The molecule has 0 saturated carbocycles. The Kier molecular flexibility index (Phi) is 4.32. The summed E-state index contributed by atoms with van der Waals surface area (Å²) in [4.78, 5) is 15.9. The Morgan fingerprint density at radius 2 is 1.94 bits per heavy atom. The van der Waals surface area contributed by atoms with Crippen LogP contribution in [0, 0.1) is 6.92 Å². The van der Waals surface area contributed by atoms with Crippen LogP contribution in [-0.4, -0.2) is 59.1 Å². The van der Waals surface area contributed by atoms with Gasteiger partial charge in [0.25, 0.3) is 0 Å². The Morgan fingerprint density at radius 1 is 1.06 bits per heavy atom. The second-order valence-corrected chi connectivity index (χ2v) is 7.85. The lowest BCUT2D eigenvalue weighted by molar-refractivity contribution is 0.118. The Bertz CT molecular complexity index is 1410. The number of ether oxygens (including phenoxy) is 1. The van der Waals surface area contributed by atoms with E-state index in [0.29, 0.717) is 18.0 Å². The van der Waals surface area contributed by atoms with Crippen molar-refractivity contribution >= 4 is 22.5 Å². The molecule has 1 fully saturated rings. The Hall–Kier alpha value is -3.92. The highest BCUT2D eigenvalue weighted by Crippen LogP contribution is 2.38. The number of hydrogen-bond acceptors (Lipinski definition) is 8. The first-order chi connectivity index (χ1) is 15.7. The number of fused-ring (bicyclic) bond motifs is 2. The molecule has 0 aliphatic carbocycles. The van der Waals surface area contributed by atoms with Gasteiger partial charge in [-0.3, -0.25) is 9.38 Å². The summed E-state index contributed by atoms with van der Waals surface area (Å²) in [6.07, 6.45) is 7.99. The van der Waals surface area contributed by atoms with Crippen molar-refractivity contribution < 1.29 is 4.74 Å². The zero-order valence-corrected chi connectivity index (χ0v) is 17.7. The molecule has 6 rings (SSSR count). The highest BCUT2D eigenvalue weighted by atomic mass is 16.5. The summed E-state index contributed by atoms with van der Waals surface area (Å²) in [6, 6.07) is 9.93. The van der Waals surface area contributed by atoms with E-state index < -0.39 is 0 Å². The van der Waals surface area contributed by atoms with Crippen molar-refractivity contribution in [3.8, 4) is 5.69 Å². The zero-order valence-electron chi connectivity index (χ0n) is 17.7. The summed E-state index contributed by atoms with van der Waals surface area (Å²) in [5.74, 6) is 2.34. The van der Waals surface area contributed by atoms with Crippen LogP contribution in [0.15, 0.2) is 55.1 Å². The van der Waals surface area contributed by atoms with Crippen molar-refractivity contribution in [2.75, 3.05) is 18.6 Å². The fraction of sp³-hybridized carbons (Fsp3) is 0.273. The predicted octanol–water partition coefficient (Wildman–Crippen LogP) is 2.53. The van der Waals surface area contributed by atoms with E-state index in [1.54, 1.807) is 19.5 Å². The van der Waals surface area contributed by atoms with Gasteiger partial charge in [-0.05, 0) is 19.1 Å². The normalized spacial score (nSPS) is 18.8. The van der Waals surface area contributed by atoms with E-state index in [2.05, 4.69) is 25.2 Å². The molecule has 0 N–H and O–H groups in total. The minimum Gasteiger partial charge on any atom is -0.380 e. The maximum atomic E-state index is 5.74. The van der Waals surface area contributed by atoms with Crippen LogP contribution in [-0.2, 0) is 4.74 Å². The molecule has 0 spiro atoms. The minimum absolute atomic E-state index is 0.0451. The van der Waals surface area contributed by atoms with Crippen LogP contribution >= 0.6 is 0 Å². The van der Waals surface area contributed by atoms with Crippen molar-refractivity contribution in [1.29, 1.82) is 0 Å². The molecule has 0 bridgehead atoms. The van der Waals surface area contributed by atoms with E-state index in [-0.39, 0.29) is 12.1 Å². The van der Waals surface area contributed by atoms with Gasteiger partial charge in [-0.15, -0.1) is 10.2 Å². The van der Waals surface area contributed by atoms with Gasteiger partial charge in [0.05, 0.1) is 35.6 Å². The number of nitrogens with zero attached hydrogens (tertiary/aromatic N) is 9. The van der Waals surface area contributed by atoms with E-state index in [0.717, 1.165) is 34.8 Å². The van der Waals surface area contributed by atoms with Crippen LogP contribution in [0.4, 0.5) is 5.82 Å². The molecule has 10 heteroatoms. The standard InChI is InChI=1S/C22H21N9O/c1-14-25-20(17-11-24-31(21(17)26-14)15-6-4-3-5-7-15)30-13-16(32-2)10-18(30)22-28-27-19-12-23-8-9-29(19)22/h3-9,11-12,16,18H,10,13H2,1-2H3/t16-,18+/m1/s1. The van der Waals surface area contributed by atoms with Gasteiger partial charge in [0, 0.05) is 32.5 Å². The van der Waals surface area contributed by atoms with Gasteiger partial charge in [0.2, 0.25) is 0 Å². The topological polar surface area (TPSA) is 99.2 Å². The average Bonchev–Trinajstić information content (AvgIpc) is 3.55. The Labute approximate surface area is 183 Å². The number of aryl methyl sites for hydroxylation is 1. The molecule has 5 heterocycles. The summed E-state index contributed by atoms with van der Waals surface area (Å²) in [6.45, 7) is 2.59. The quantitative estimate of drug-likeness (QED) is 0.431. The van der Waals surface area contributed by atoms with Gasteiger partial charge in [-0.1, -0.05) is 18.2 Å². The number of anilines is 1. The molecule has 0 unspecified atom stereocenters. The van der Waals surface area contributed by atoms with E-state index in [9.17, 15) is 0 Å². The zero-order chi connectivity index (χ0) is 21.7. The highest BCUT2D eigenvalue weighted by Gasteiger charge is 2.38. The van der Waals surface area contributed by atoms with Crippen molar-refractivity contribution in [1.82, 2.24) is 39.3 Å². The van der Waals surface area contributed by atoms with Crippen LogP contribution in [0.3, 0.4) is 0 Å². The molecular formula is C22H21N9O. The molecule has 5 aromatic rings. The fourth-order valence-corrected chi connectivity index (χ4v) is 4.42. The molecule has 1 saturated heterocycles. The molecule has 1 aliphatic rings. The number of hydrogen-bond donors (Lipinski definition) is 0. The molecule has 32 heavy (non-hydrogen) atoms. The number of rotatable bonds is 4. The van der Waals surface area contributed by atoms with E-state index in [1.807, 2.05) is 58.7 Å². The Morgan fingerprint density at radius 3 is 2.78 bits per heavy atom. The van der Waals surface area contributed by atoms with Crippen LogP contribution in [0.1, 0.15) is 24.1 Å². The molecule has 4 aromatic heterocycles. The van der Waals surface area contributed by atoms with Gasteiger partial charge in [0.15, 0.2) is 17.1 Å². The molecule has 2 atom stereocenters. The van der Waals surface area contributed by atoms with Crippen LogP contribution in [0.5, 0.6) is 0 Å². The van der Waals surface area contributed by atoms with Gasteiger partial charge in [-0.2, -0.15) is 5.10 Å². The number of methoxy groups -OCH3 is 1.